The summed E-state index contributed by atoms with van der Waals surface area (Å²) >= 11 is 0. The highest BCUT2D eigenvalue weighted by molar-refractivity contribution is 7.92. The first-order chi connectivity index (χ1) is 15.1. The molecule has 0 saturated heterocycles. The molecule has 9 heteroatoms. The maximum Gasteiger partial charge on any atom is 0.416 e. The number of rotatable bonds is 7. The molecule has 2 aromatic carbocycles. The van der Waals surface area contributed by atoms with Gasteiger partial charge in [-0.25, -0.2) is 8.42 Å². The molecule has 174 valence electrons. The number of carbonyl (C=O) groups excluding carboxylic acids is 1. The first-order valence-electron chi connectivity index (χ1n) is 10.6. The fourth-order valence-corrected chi connectivity index (χ4v) is 5.24. The van der Waals surface area contributed by atoms with E-state index in [1.165, 1.54) is 24.6 Å². The molecule has 0 spiro atoms. The van der Waals surface area contributed by atoms with Gasteiger partial charge in [0.1, 0.15) is 6.54 Å². The van der Waals surface area contributed by atoms with Crippen LogP contribution in [0, 0.1) is 12.8 Å². The molecular weight excluding hydrogens is 441 g/mol. The smallest absolute Gasteiger partial charge is 0.354 e. The molecule has 0 radical (unpaired) electrons. The topological polar surface area (TPSA) is 66.5 Å². The van der Waals surface area contributed by atoms with Crippen molar-refractivity contribution in [2.24, 2.45) is 5.92 Å². The number of halogens is 3. The van der Waals surface area contributed by atoms with Crippen molar-refractivity contribution in [3.8, 4) is 0 Å². The maximum atomic E-state index is 13.3. The first kappa shape index (κ1) is 24.1. The number of aryl methyl sites for hydroxylation is 1. The molecule has 0 bridgehead atoms. The summed E-state index contributed by atoms with van der Waals surface area (Å²) < 4.78 is 67.1. The SMILES string of the molecule is Cc1ccc(S(=O)(=O)N(CC(=O)NCC2CCCCC2)c2cccc(C(F)(F)F)c2)cc1. The summed E-state index contributed by atoms with van der Waals surface area (Å²) in [5.41, 5.74) is -0.366. The molecule has 0 aliphatic heterocycles. The van der Waals surface area contributed by atoms with Crippen LogP contribution in [0.1, 0.15) is 43.2 Å². The first-order valence-corrected chi connectivity index (χ1v) is 12.0. The highest BCUT2D eigenvalue weighted by Gasteiger charge is 2.33. The van der Waals surface area contributed by atoms with Gasteiger partial charge in [-0.3, -0.25) is 9.10 Å². The normalized spacial score (nSPS) is 15.4. The highest BCUT2D eigenvalue weighted by Crippen LogP contribution is 2.33. The lowest BCUT2D eigenvalue weighted by Gasteiger charge is -2.26. The Labute approximate surface area is 186 Å². The molecule has 1 saturated carbocycles. The molecule has 0 unspecified atom stereocenters. The Morgan fingerprint density at radius 2 is 1.72 bits per heavy atom. The summed E-state index contributed by atoms with van der Waals surface area (Å²) in [6.45, 7) is 1.61. The predicted octanol–water partition coefficient (Wildman–Crippen LogP) is 4.91. The minimum absolute atomic E-state index is 0.0967. The van der Waals surface area contributed by atoms with Crippen molar-refractivity contribution in [2.45, 2.75) is 50.1 Å². The van der Waals surface area contributed by atoms with E-state index >= 15 is 0 Å². The summed E-state index contributed by atoms with van der Waals surface area (Å²) in [5.74, 6) is -0.216. The lowest BCUT2D eigenvalue weighted by molar-refractivity contribution is -0.137. The van der Waals surface area contributed by atoms with Gasteiger partial charge in [-0.05, 0) is 56.0 Å². The largest absolute Gasteiger partial charge is 0.416 e. The van der Waals surface area contributed by atoms with Crippen molar-refractivity contribution in [3.63, 3.8) is 0 Å². The Kier molecular flexibility index (Phi) is 7.48. The van der Waals surface area contributed by atoms with Crippen LogP contribution in [0.5, 0.6) is 0 Å². The van der Waals surface area contributed by atoms with E-state index in [9.17, 15) is 26.4 Å². The highest BCUT2D eigenvalue weighted by atomic mass is 32.2. The number of carbonyl (C=O) groups is 1. The van der Waals surface area contributed by atoms with Crippen LogP contribution >= 0.6 is 0 Å². The lowest BCUT2D eigenvalue weighted by Crippen LogP contribution is -2.42. The molecule has 0 atom stereocenters. The number of hydrogen-bond acceptors (Lipinski definition) is 3. The Morgan fingerprint density at radius 3 is 2.34 bits per heavy atom. The van der Waals surface area contributed by atoms with Crippen LogP contribution in [0.25, 0.3) is 0 Å². The number of benzene rings is 2. The fraction of sp³-hybridized carbons (Fsp3) is 0.435. The number of anilines is 1. The maximum absolute atomic E-state index is 13.3. The van der Waals surface area contributed by atoms with Gasteiger partial charge >= 0.3 is 6.18 Å². The Bertz CT molecular complexity index is 1030. The van der Waals surface area contributed by atoms with E-state index in [0.717, 1.165) is 53.8 Å². The van der Waals surface area contributed by atoms with Gasteiger partial charge in [0, 0.05) is 6.54 Å². The lowest BCUT2D eigenvalue weighted by atomic mass is 9.89. The van der Waals surface area contributed by atoms with Crippen LogP contribution < -0.4 is 9.62 Å². The third kappa shape index (κ3) is 6.03. The van der Waals surface area contributed by atoms with E-state index in [1.54, 1.807) is 19.1 Å². The van der Waals surface area contributed by atoms with E-state index in [-0.39, 0.29) is 10.6 Å². The summed E-state index contributed by atoms with van der Waals surface area (Å²) in [7, 11) is -4.27. The van der Waals surface area contributed by atoms with E-state index in [0.29, 0.717) is 12.5 Å². The zero-order chi connectivity index (χ0) is 23.4. The van der Waals surface area contributed by atoms with Gasteiger partial charge in [-0.1, -0.05) is 43.0 Å². The van der Waals surface area contributed by atoms with E-state index in [2.05, 4.69) is 5.32 Å². The third-order valence-corrected chi connectivity index (χ3v) is 7.46. The van der Waals surface area contributed by atoms with Crippen LogP contribution in [0.4, 0.5) is 18.9 Å². The molecule has 0 heterocycles. The van der Waals surface area contributed by atoms with E-state index in [1.807, 2.05) is 0 Å². The Morgan fingerprint density at radius 1 is 1.06 bits per heavy atom. The van der Waals surface area contributed by atoms with Gasteiger partial charge in [0.2, 0.25) is 5.91 Å². The summed E-state index contributed by atoms with van der Waals surface area (Å²) in [4.78, 5) is 12.5. The van der Waals surface area contributed by atoms with Crippen molar-refractivity contribution >= 4 is 21.6 Å². The average Bonchev–Trinajstić information content (AvgIpc) is 2.76. The Balaban J connectivity index is 1.89. The van der Waals surface area contributed by atoms with Crippen molar-refractivity contribution in [1.82, 2.24) is 5.32 Å². The van der Waals surface area contributed by atoms with Gasteiger partial charge in [0.15, 0.2) is 0 Å². The van der Waals surface area contributed by atoms with Gasteiger partial charge in [0.05, 0.1) is 16.1 Å². The van der Waals surface area contributed by atoms with Crippen molar-refractivity contribution in [1.29, 1.82) is 0 Å². The molecule has 1 amide bonds. The molecule has 5 nitrogen and oxygen atoms in total. The number of nitrogens with zero attached hydrogens (tertiary/aromatic N) is 1. The molecule has 2 aromatic rings. The minimum atomic E-state index is -4.64. The quantitative estimate of drug-likeness (QED) is 0.628. The summed E-state index contributed by atoms with van der Waals surface area (Å²) in [6, 6.07) is 9.96. The zero-order valence-corrected chi connectivity index (χ0v) is 18.7. The van der Waals surface area contributed by atoms with Crippen LogP contribution in [0.2, 0.25) is 0 Å². The van der Waals surface area contributed by atoms with Crippen LogP contribution in [0.15, 0.2) is 53.4 Å². The molecule has 1 aliphatic rings. The fourth-order valence-electron chi connectivity index (χ4n) is 3.83. The van der Waals surface area contributed by atoms with Gasteiger partial charge in [-0.2, -0.15) is 13.2 Å². The van der Waals surface area contributed by atoms with E-state index in [4.69, 9.17) is 0 Å². The van der Waals surface area contributed by atoms with Gasteiger partial charge in [-0.15, -0.1) is 0 Å². The second kappa shape index (κ2) is 9.94. The van der Waals surface area contributed by atoms with Gasteiger partial charge < -0.3 is 5.32 Å². The van der Waals surface area contributed by atoms with Crippen LogP contribution in [0.3, 0.4) is 0 Å². The summed E-state index contributed by atoms with van der Waals surface area (Å²) in [6.07, 6.45) is 0.719. The van der Waals surface area contributed by atoms with Gasteiger partial charge in [0.25, 0.3) is 10.0 Å². The number of nitrogens with one attached hydrogen (secondary N) is 1. The van der Waals surface area contributed by atoms with Crippen molar-refractivity contribution < 1.29 is 26.4 Å². The molecule has 1 N–H and O–H groups in total. The standard InChI is InChI=1S/C23H27F3N2O3S/c1-17-10-12-21(13-11-17)32(30,31)28(20-9-5-8-19(14-20)23(24,25)26)16-22(29)27-15-18-6-3-2-4-7-18/h5,8-14,18H,2-4,6-7,15-16H2,1H3,(H,27,29). The molecular formula is C23H27F3N2O3S. The van der Waals surface area contributed by atoms with E-state index < -0.39 is 34.2 Å². The molecule has 1 aliphatic carbocycles. The summed E-state index contributed by atoms with van der Waals surface area (Å²) in [5, 5.41) is 2.76. The molecule has 1 fully saturated rings. The average molecular weight is 469 g/mol. The number of amides is 1. The zero-order valence-electron chi connectivity index (χ0n) is 17.9. The van der Waals surface area contributed by atoms with Crippen molar-refractivity contribution in [3.05, 3.63) is 59.7 Å². The molecule has 3 rings (SSSR count). The second-order valence-corrected chi connectivity index (χ2v) is 10.0. The van der Waals surface area contributed by atoms with Crippen LogP contribution in [-0.2, 0) is 21.0 Å². The predicted molar refractivity (Wildman–Crippen MR) is 117 cm³/mol. The van der Waals surface area contributed by atoms with Crippen molar-refractivity contribution in [2.75, 3.05) is 17.4 Å². The molecule has 0 aromatic heterocycles. The molecule has 32 heavy (non-hydrogen) atoms. The number of hydrogen-bond donors (Lipinski definition) is 1. The monoisotopic (exact) mass is 468 g/mol. The Hall–Kier alpha value is -2.55. The minimum Gasteiger partial charge on any atom is -0.354 e. The second-order valence-electron chi connectivity index (χ2n) is 8.18. The number of alkyl halides is 3. The number of sulfonamides is 1. The third-order valence-electron chi connectivity index (χ3n) is 5.67. The van der Waals surface area contributed by atoms with Crippen LogP contribution in [-0.4, -0.2) is 27.4 Å².